The summed E-state index contributed by atoms with van der Waals surface area (Å²) in [7, 11) is 0. The lowest BCUT2D eigenvalue weighted by Crippen LogP contribution is -2.36. The Morgan fingerprint density at radius 1 is 0.440 bits per heavy atom. The van der Waals surface area contributed by atoms with Crippen LogP contribution in [0.1, 0.15) is 223 Å². The molecule has 0 radical (unpaired) electrons. The zero-order valence-corrected chi connectivity index (χ0v) is 51.8. The zero-order chi connectivity index (χ0) is 53.6. The third-order valence-electron chi connectivity index (χ3n) is 16.9. The first kappa shape index (κ1) is 58.4. The summed E-state index contributed by atoms with van der Waals surface area (Å²) < 4.78 is 59.9. The average Bonchev–Trinajstić information content (AvgIpc) is 4.23. The van der Waals surface area contributed by atoms with E-state index in [0.29, 0.717) is 68.1 Å². The summed E-state index contributed by atoms with van der Waals surface area (Å²) in [6.07, 6.45) is 22.4. The Bertz CT molecular complexity index is 2520. The van der Waals surface area contributed by atoms with E-state index in [2.05, 4.69) is 118 Å². The van der Waals surface area contributed by atoms with Gasteiger partial charge in [0.25, 0.3) is 0 Å². The van der Waals surface area contributed by atoms with Gasteiger partial charge >= 0.3 is 0 Å². The van der Waals surface area contributed by atoms with Crippen molar-refractivity contribution in [2.75, 3.05) is 0 Å². The second kappa shape index (κ2) is 26.1. The SMILES string of the molecule is CC(C)CCCC(C)CCC1(CCC(C)CCCC(C)C)Oc2ccsc2-c2sc(-c3c(F)c(F)c(-c4cc5c(s4)-c4sccc4OC5(CCC(C)CCCC(C)C)CCC(C)CCCC(C)C)c4nsnc34)cc21. The van der Waals surface area contributed by atoms with Crippen molar-refractivity contribution in [3.05, 3.63) is 57.8 Å². The lowest BCUT2D eigenvalue weighted by Gasteiger charge is -2.39. The molecular weight excluding hydrogens is 1030 g/mol. The summed E-state index contributed by atoms with van der Waals surface area (Å²) in [6.45, 7) is 28.1. The smallest absolute Gasteiger partial charge is 0.170 e. The molecular formula is C64H90F2N2O2S5. The van der Waals surface area contributed by atoms with Crippen LogP contribution in [0.4, 0.5) is 8.78 Å². The number of aromatic nitrogens is 2. The monoisotopic (exact) mass is 1120 g/mol. The highest BCUT2D eigenvalue weighted by molar-refractivity contribution is 7.24. The number of ether oxygens (including phenoxy) is 2. The zero-order valence-electron chi connectivity index (χ0n) is 47.7. The lowest BCUT2D eigenvalue weighted by atomic mass is 9.78. The third-order valence-corrected chi connectivity index (χ3v) is 21.8. The first-order chi connectivity index (χ1) is 35.9. The fourth-order valence-corrected chi connectivity index (χ4v) is 17.1. The predicted molar refractivity (Wildman–Crippen MR) is 324 cm³/mol. The van der Waals surface area contributed by atoms with Crippen molar-refractivity contribution in [3.63, 3.8) is 0 Å². The summed E-state index contributed by atoms with van der Waals surface area (Å²) in [5.74, 6) is 5.13. The molecule has 0 fully saturated rings. The van der Waals surface area contributed by atoms with E-state index in [-0.39, 0.29) is 11.1 Å². The molecule has 4 unspecified atom stereocenters. The Morgan fingerprint density at radius 2 is 0.760 bits per heavy atom. The highest BCUT2D eigenvalue weighted by Crippen LogP contribution is 2.60. The van der Waals surface area contributed by atoms with Crippen LogP contribution >= 0.6 is 57.1 Å². The quantitative estimate of drug-likeness (QED) is 0.0451. The molecule has 7 heterocycles. The van der Waals surface area contributed by atoms with Crippen LogP contribution in [0, 0.1) is 59.0 Å². The van der Waals surface area contributed by atoms with Gasteiger partial charge in [-0.3, -0.25) is 0 Å². The van der Waals surface area contributed by atoms with E-state index < -0.39 is 22.8 Å². The molecule has 4 atom stereocenters. The van der Waals surface area contributed by atoms with Crippen LogP contribution in [0.3, 0.4) is 0 Å². The number of halogens is 2. The standard InChI is InChI=1S/C64H90F2N2O2S5/c1-39(2)17-13-21-43(9)25-31-63(32-26-44(10)22-14-18-40(3)4)47-37-51(73-59(47)61-49(69-63)29-35-71-61)53-55(65)56(66)54(58-57(53)67-75-68-58)52-38-48-60(74-52)62-50(30-36-72-62)70-64(48,33-27-45(11)23-15-19-41(5)6)34-28-46(12)24-16-20-42(7)8/h29-30,35-46H,13-28,31-34H2,1-12H3. The fraction of sp³-hybridized carbons (Fsp3) is 0.656. The van der Waals surface area contributed by atoms with Crippen LogP contribution in [0.5, 0.6) is 11.5 Å². The van der Waals surface area contributed by atoms with Gasteiger partial charge in [-0.15, -0.1) is 45.3 Å². The maximum Gasteiger partial charge on any atom is 0.170 e. The average molecular weight is 1120 g/mol. The van der Waals surface area contributed by atoms with Gasteiger partial charge in [-0.05, 0) is 134 Å². The molecule has 75 heavy (non-hydrogen) atoms. The molecule has 0 bridgehead atoms. The molecule has 5 aromatic heterocycles. The van der Waals surface area contributed by atoms with Crippen LogP contribution in [-0.2, 0) is 11.2 Å². The first-order valence-corrected chi connectivity index (χ1v) is 33.5. The molecule has 0 saturated heterocycles. The molecule has 0 aliphatic carbocycles. The number of nitrogens with zero attached hydrogens (tertiary/aromatic N) is 2. The van der Waals surface area contributed by atoms with Gasteiger partial charge in [0.15, 0.2) is 11.6 Å². The van der Waals surface area contributed by atoms with Crippen LogP contribution in [-0.4, -0.2) is 8.75 Å². The maximum atomic E-state index is 17.8. The van der Waals surface area contributed by atoms with Crippen LogP contribution in [0.15, 0.2) is 35.0 Å². The molecule has 0 N–H and O–H groups in total. The Labute approximate surface area is 471 Å². The molecule has 4 nitrogen and oxygen atoms in total. The molecule has 2 aliphatic rings. The number of benzene rings is 1. The van der Waals surface area contributed by atoms with Gasteiger partial charge in [-0.1, -0.05) is 160 Å². The highest BCUT2D eigenvalue weighted by atomic mass is 32.1. The molecule has 6 aromatic rings. The van der Waals surface area contributed by atoms with Gasteiger partial charge in [0.2, 0.25) is 0 Å². The van der Waals surface area contributed by atoms with Crippen molar-refractivity contribution in [1.82, 2.24) is 8.75 Å². The Hall–Kier alpha value is -2.70. The summed E-state index contributed by atoms with van der Waals surface area (Å²) in [5, 5.41) is 4.24. The largest absolute Gasteiger partial charge is 0.481 e. The van der Waals surface area contributed by atoms with Gasteiger partial charge in [0.05, 0.1) is 42.4 Å². The second-order valence-electron chi connectivity index (χ2n) is 25.3. The van der Waals surface area contributed by atoms with E-state index in [1.165, 1.54) is 77.0 Å². The van der Waals surface area contributed by atoms with Gasteiger partial charge in [0.1, 0.15) is 33.7 Å². The Balaban J connectivity index is 1.18. The Kier molecular flexibility index (Phi) is 20.3. The first-order valence-electron chi connectivity index (χ1n) is 29.3. The van der Waals surface area contributed by atoms with Crippen molar-refractivity contribution in [2.24, 2.45) is 47.3 Å². The van der Waals surface area contributed by atoms with E-state index in [4.69, 9.17) is 18.2 Å². The lowest BCUT2D eigenvalue weighted by molar-refractivity contribution is 0.0322. The van der Waals surface area contributed by atoms with E-state index >= 15 is 8.78 Å². The molecule has 8 rings (SSSR count). The van der Waals surface area contributed by atoms with Gasteiger partial charge in [0, 0.05) is 20.9 Å². The molecule has 0 amide bonds. The normalized spacial score (nSPS) is 18.9. The van der Waals surface area contributed by atoms with Crippen molar-refractivity contribution in [3.8, 4) is 51.9 Å². The highest BCUT2D eigenvalue weighted by Gasteiger charge is 2.46. The van der Waals surface area contributed by atoms with Crippen molar-refractivity contribution >= 4 is 68.1 Å². The number of fused-ring (bicyclic) bond motifs is 7. The summed E-state index contributed by atoms with van der Waals surface area (Å²) in [4.78, 5) is 5.79. The van der Waals surface area contributed by atoms with E-state index in [9.17, 15) is 0 Å². The van der Waals surface area contributed by atoms with Crippen LogP contribution in [0.2, 0.25) is 0 Å². The van der Waals surface area contributed by atoms with E-state index in [1.54, 1.807) is 45.3 Å². The minimum absolute atomic E-state index is 0.216. The number of rotatable bonds is 30. The van der Waals surface area contributed by atoms with Crippen molar-refractivity contribution in [1.29, 1.82) is 0 Å². The number of thiophene rings is 4. The molecule has 1 aromatic carbocycles. The number of hydrogen-bond donors (Lipinski definition) is 0. The molecule has 11 heteroatoms. The van der Waals surface area contributed by atoms with E-state index in [0.717, 1.165) is 105 Å². The molecule has 0 spiro atoms. The minimum Gasteiger partial charge on any atom is -0.481 e. The van der Waals surface area contributed by atoms with Crippen molar-refractivity contribution < 1.29 is 18.3 Å². The maximum absolute atomic E-state index is 17.8. The fourth-order valence-electron chi connectivity index (χ4n) is 12.0. The number of hydrogen-bond acceptors (Lipinski definition) is 9. The van der Waals surface area contributed by atoms with Crippen LogP contribution < -0.4 is 9.47 Å². The van der Waals surface area contributed by atoms with Crippen molar-refractivity contribution in [2.45, 2.75) is 223 Å². The molecule has 412 valence electrons. The van der Waals surface area contributed by atoms with E-state index in [1.807, 2.05) is 0 Å². The second-order valence-corrected chi connectivity index (χ2v) is 29.8. The molecule has 2 aliphatic heterocycles. The predicted octanol–water partition coefficient (Wildman–Crippen LogP) is 23.0. The van der Waals surface area contributed by atoms with Gasteiger partial charge in [-0.25, -0.2) is 8.78 Å². The minimum atomic E-state index is -0.851. The Morgan fingerprint density at radius 3 is 1.07 bits per heavy atom. The third kappa shape index (κ3) is 13.8. The summed E-state index contributed by atoms with van der Waals surface area (Å²) >= 11 is 7.55. The molecule has 0 saturated carbocycles. The topological polar surface area (TPSA) is 44.2 Å². The summed E-state index contributed by atoms with van der Waals surface area (Å²) in [5.41, 5.74) is 2.39. The summed E-state index contributed by atoms with van der Waals surface area (Å²) in [6, 6.07) is 8.56. The van der Waals surface area contributed by atoms with Crippen LogP contribution in [0.25, 0.3) is 51.4 Å². The van der Waals surface area contributed by atoms with Gasteiger partial charge < -0.3 is 9.47 Å². The van der Waals surface area contributed by atoms with Gasteiger partial charge in [-0.2, -0.15) is 8.75 Å².